The number of anilines is 1. The van der Waals surface area contributed by atoms with E-state index in [0.717, 1.165) is 24.1 Å². The van der Waals surface area contributed by atoms with Gasteiger partial charge in [0.2, 0.25) is 10.0 Å². The van der Waals surface area contributed by atoms with Crippen LogP contribution in [0.4, 0.5) is 5.82 Å². The van der Waals surface area contributed by atoms with Crippen LogP contribution in [0.15, 0.2) is 0 Å². The number of hydrogen-bond acceptors (Lipinski definition) is 6. The Balaban J connectivity index is 1.88. The number of β-amino-alcohol motifs (C(OH)–C–C–N with tert-alkyl or cyclic N) is 1. The third kappa shape index (κ3) is 3.22. The number of carbonyl (C=O) groups is 1. The largest absolute Gasteiger partial charge is 0.391 e. The van der Waals surface area contributed by atoms with Gasteiger partial charge >= 0.3 is 0 Å². The summed E-state index contributed by atoms with van der Waals surface area (Å²) in [6.07, 6.45) is 2.48. The molecule has 1 fully saturated rings. The van der Waals surface area contributed by atoms with E-state index in [9.17, 15) is 18.3 Å². The van der Waals surface area contributed by atoms with E-state index in [2.05, 4.69) is 4.98 Å². The van der Waals surface area contributed by atoms with Gasteiger partial charge in [0.05, 0.1) is 16.7 Å². The van der Waals surface area contributed by atoms with E-state index in [-0.39, 0.29) is 11.7 Å². The molecule has 1 saturated heterocycles. The van der Waals surface area contributed by atoms with Gasteiger partial charge in [-0.05, 0) is 32.6 Å². The number of carbonyl (C=O) groups excluding carboxylic acids is 1. The first-order valence-electron chi connectivity index (χ1n) is 7.90. The van der Waals surface area contributed by atoms with Gasteiger partial charge in [-0.3, -0.25) is 9.10 Å². The molecule has 0 bridgehead atoms. The number of aliphatic hydroxyl groups excluding tert-OH is 1. The number of aryl methyl sites for hydroxylation is 1. The standard InChI is InChI=1S/C14H21N3O4S2/c1-2-23(20,21)17-8-4-6-11-12(17)15-13(22-11)14(19)16-7-3-5-10(18)9-16/h10,18H,2-9H2,1H3. The lowest BCUT2D eigenvalue weighted by atomic mass is 10.1. The van der Waals surface area contributed by atoms with Crippen molar-refractivity contribution >= 4 is 33.1 Å². The zero-order chi connectivity index (χ0) is 16.6. The second kappa shape index (κ2) is 6.37. The number of fused-ring (bicyclic) bond motifs is 1. The fourth-order valence-electron chi connectivity index (χ4n) is 2.98. The van der Waals surface area contributed by atoms with E-state index >= 15 is 0 Å². The van der Waals surface area contributed by atoms with Gasteiger partial charge in [-0.25, -0.2) is 13.4 Å². The molecule has 7 nitrogen and oxygen atoms in total. The molecular formula is C14H21N3O4S2. The second-order valence-corrected chi connectivity index (χ2v) is 9.15. The molecule has 128 valence electrons. The number of aromatic nitrogens is 1. The Kier molecular flexibility index (Phi) is 4.61. The van der Waals surface area contributed by atoms with Crippen molar-refractivity contribution in [1.82, 2.24) is 9.88 Å². The topological polar surface area (TPSA) is 90.8 Å². The molecule has 23 heavy (non-hydrogen) atoms. The highest BCUT2D eigenvalue weighted by molar-refractivity contribution is 7.92. The third-order valence-corrected chi connectivity index (χ3v) is 7.09. The Bertz CT molecular complexity index is 701. The molecule has 0 radical (unpaired) electrons. The van der Waals surface area contributed by atoms with Crippen LogP contribution in [-0.2, 0) is 16.4 Å². The average Bonchev–Trinajstić information content (AvgIpc) is 2.97. The first kappa shape index (κ1) is 16.7. The van der Waals surface area contributed by atoms with Gasteiger partial charge in [0.15, 0.2) is 10.8 Å². The summed E-state index contributed by atoms with van der Waals surface area (Å²) in [6.45, 7) is 2.96. The van der Waals surface area contributed by atoms with Crippen molar-refractivity contribution < 1.29 is 18.3 Å². The van der Waals surface area contributed by atoms with E-state index in [4.69, 9.17) is 0 Å². The molecule has 1 N–H and O–H groups in total. The fraction of sp³-hybridized carbons (Fsp3) is 0.714. The molecule has 3 heterocycles. The summed E-state index contributed by atoms with van der Waals surface area (Å²) in [5.41, 5.74) is 0. The number of nitrogens with zero attached hydrogens (tertiary/aromatic N) is 3. The van der Waals surface area contributed by atoms with Crippen molar-refractivity contribution in [3.63, 3.8) is 0 Å². The van der Waals surface area contributed by atoms with Crippen LogP contribution in [0.2, 0.25) is 0 Å². The maximum atomic E-state index is 12.6. The molecule has 1 unspecified atom stereocenters. The maximum absolute atomic E-state index is 12.6. The fourth-order valence-corrected chi connectivity index (χ4v) is 5.25. The summed E-state index contributed by atoms with van der Waals surface area (Å²) < 4.78 is 25.7. The van der Waals surface area contributed by atoms with Crippen molar-refractivity contribution in [3.8, 4) is 0 Å². The molecule has 2 aliphatic heterocycles. The minimum absolute atomic E-state index is 0.0194. The molecule has 3 rings (SSSR count). The number of rotatable bonds is 3. The molecular weight excluding hydrogens is 338 g/mol. The lowest BCUT2D eigenvalue weighted by Gasteiger charge is -2.29. The summed E-state index contributed by atoms with van der Waals surface area (Å²) in [5.74, 6) is 0.229. The molecule has 0 aromatic carbocycles. The van der Waals surface area contributed by atoms with E-state index in [1.165, 1.54) is 15.6 Å². The van der Waals surface area contributed by atoms with Crippen LogP contribution < -0.4 is 4.31 Å². The summed E-state index contributed by atoms with van der Waals surface area (Å²) in [7, 11) is -3.37. The van der Waals surface area contributed by atoms with E-state index < -0.39 is 16.1 Å². The highest BCUT2D eigenvalue weighted by Crippen LogP contribution is 2.34. The smallest absolute Gasteiger partial charge is 0.283 e. The predicted octanol–water partition coefficient (Wildman–Crippen LogP) is 0.842. The lowest BCUT2D eigenvalue weighted by Crippen LogP contribution is -2.42. The number of likely N-dealkylation sites (tertiary alicyclic amines) is 1. The number of amides is 1. The average molecular weight is 359 g/mol. The third-order valence-electron chi connectivity index (χ3n) is 4.25. The highest BCUT2D eigenvalue weighted by Gasteiger charge is 2.32. The summed E-state index contributed by atoms with van der Waals surface area (Å²) in [4.78, 5) is 19.4. The van der Waals surface area contributed by atoms with Gasteiger partial charge in [-0.1, -0.05) is 0 Å². The first-order chi connectivity index (χ1) is 10.9. The van der Waals surface area contributed by atoms with Gasteiger partial charge in [0.25, 0.3) is 5.91 Å². The van der Waals surface area contributed by atoms with Gasteiger partial charge in [-0.2, -0.15) is 0 Å². The van der Waals surface area contributed by atoms with Crippen molar-refractivity contribution in [1.29, 1.82) is 0 Å². The molecule has 1 aromatic rings. The molecule has 1 aromatic heterocycles. The zero-order valence-electron chi connectivity index (χ0n) is 13.1. The highest BCUT2D eigenvalue weighted by atomic mass is 32.2. The Labute approximate surface area is 140 Å². The molecule has 0 aliphatic carbocycles. The molecule has 0 saturated carbocycles. The minimum Gasteiger partial charge on any atom is -0.391 e. The van der Waals surface area contributed by atoms with Crippen LogP contribution >= 0.6 is 11.3 Å². The van der Waals surface area contributed by atoms with Crippen LogP contribution in [0.5, 0.6) is 0 Å². The van der Waals surface area contributed by atoms with E-state index in [1.54, 1.807) is 11.8 Å². The van der Waals surface area contributed by atoms with Gasteiger partial charge < -0.3 is 10.0 Å². The molecule has 1 atom stereocenters. The van der Waals surface area contributed by atoms with Gasteiger partial charge in [0, 0.05) is 19.6 Å². The minimum atomic E-state index is -3.37. The summed E-state index contributed by atoms with van der Waals surface area (Å²) in [6, 6.07) is 0. The van der Waals surface area contributed by atoms with Crippen molar-refractivity contribution in [3.05, 3.63) is 9.88 Å². The molecule has 1 amide bonds. The summed E-state index contributed by atoms with van der Waals surface area (Å²) in [5, 5.41) is 10.0. The normalized spacial score (nSPS) is 22.1. The zero-order valence-corrected chi connectivity index (χ0v) is 14.7. The summed E-state index contributed by atoms with van der Waals surface area (Å²) >= 11 is 1.28. The van der Waals surface area contributed by atoms with Crippen LogP contribution in [-0.4, -0.2) is 60.8 Å². The quantitative estimate of drug-likeness (QED) is 0.864. The number of sulfonamides is 1. The van der Waals surface area contributed by atoms with Crippen molar-refractivity contribution in [2.45, 2.75) is 38.7 Å². The van der Waals surface area contributed by atoms with Crippen LogP contribution in [0, 0.1) is 0 Å². The SMILES string of the molecule is CCS(=O)(=O)N1CCCc2sc(C(=O)N3CCCC(O)C3)nc21. The monoisotopic (exact) mass is 359 g/mol. The molecule has 2 aliphatic rings. The van der Waals surface area contributed by atoms with E-state index in [1.807, 2.05) is 0 Å². The second-order valence-electron chi connectivity index (χ2n) is 5.89. The van der Waals surface area contributed by atoms with Gasteiger partial charge in [-0.15, -0.1) is 11.3 Å². The first-order valence-corrected chi connectivity index (χ1v) is 10.3. The molecule has 9 heteroatoms. The lowest BCUT2D eigenvalue weighted by molar-refractivity contribution is 0.0473. The maximum Gasteiger partial charge on any atom is 0.283 e. The number of aliphatic hydroxyl groups is 1. The number of piperidine rings is 1. The Morgan fingerprint density at radius 2 is 2.17 bits per heavy atom. The predicted molar refractivity (Wildman–Crippen MR) is 88.4 cm³/mol. The molecule has 0 spiro atoms. The van der Waals surface area contributed by atoms with Crippen molar-refractivity contribution in [2.24, 2.45) is 0 Å². The number of thiazole rings is 1. The van der Waals surface area contributed by atoms with Crippen molar-refractivity contribution in [2.75, 3.05) is 29.7 Å². The Morgan fingerprint density at radius 3 is 2.87 bits per heavy atom. The van der Waals surface area contributed by atoms with Gasteiger partial charge in [0.1, 0.15) is 0 Å². The van der Waals surface area contributed by atoms with Crippen LogP contribution in [0.25, 0.3) is 0 Å². The Hall–Kier alpha value is -1.19. The van der Waals surface area contributed by atoms with Crippen LogP contribution in [0.1, 0.15) is 40.9 Å². The number of hydrogen-bond donors (Lipinski definition) is 1. The Morgan fingerprint density at radius 1 is 1.39 bits per heavy atom. The van der Waals surface area contributed by atoms with E-state index in [0.29, 0.717) is 36.9 Å². The van der Waals surface area contributed by atoms with Crippen LogP contribution in [0.3, 0.4) is 0 Å².